The van der Waals surface area contributed by atoms with Crippen molar-refractivity contribution in [3.8, 4) is 10.6 Å². The van der Waals surface area contributed by atoms with E-state index in [-0.39, 0.29) is 18.4 Å². The zero-order valence-corrected chi connectivity index (χ0v) is 17.5. The predicted molar refractivity (Wildman–Crippen MR) is 111 cm³/mol. The standard InChI is InChI=1S/C20H23N5O4S/c1-13-22-23-19(30-13)14-5-4-6-15(11-14)21-18(27)16-7-2-3-8-25(16)17(26)12-24-9-10-29-20(24)28/h4-6,11,16H,2-3,7-10,12H2,1H3,(H,21,27). The number of aryl methyl sites for hydroxylation is 1. The molecule has 3 amide bonds. The Morgan fingerprint density at radius 2 is 2.13 bits per heavy atom. The van der Waals surface area contributed by atoms with E-state index < -0.39 is 12.1 Å². The summed E-state index contributed by atoms with van der Waals surface area (Å²) in [5.41, 5.74) is 1.52. The summed E-state index contributed by atoms with van der Waals surface area (Å²) in [5, 5.41) is 12.8. The van der Waals surface area contributed by atoms with Crippen molar-refractivity contribution in [2.24, 2.45) is 0 Å². The number of amides is 3. The van der Waals surface area contributed by atoms with E-state index in [0.29, 0.717) is 31.8 Å². The third kappa shape index (κ3) is 4.43. The number of cyclic esters (lactones) is 1. The van der Waals surface area contributed by atoms with Gasteiger partial charge >= 0.3 is 6.09 Å². The second-order valence-corrected chi connectivity index (χ2v) is 8.51. The highest BCUT2D eigenvalue weighted by molar-refractivity contribution is 7.14. The Labute approximate surface area is 178 Å². The van der Waals surface area contributed by atoms with Gasteiger partial charge in [-0.05, 0) is 38.3 Å². The van der Waals surface area contributed by atoms with Crippen LogP contribution in [0, 0.1) is 6.92 Å². The number of piperidine rings is 1. The Balaban J connectivity index is 1.44. The Morgan fingerprint density at radius 3 is 2.87 bits per heavy atom. The van der Waals surface area contributed by atoms with Gasteiger partial charge in [0, 0.05) is 17.8 Å². The first-order valence-corrected chi connectivity index (χ1v) is 10.8. The van der Waals surface area contributed by atoms with Gasteiger partial charge in [0.2, 0.25) is 11.8 Å². The van der Waals surface area contributed by atoms with Crippen LogP contribution in [-0.2, 0) is 14.3 Å². The Hall–Kier alpha value is -3.01. The number of nitrogens with zero attached hydrogens (tertiary/aromatic N) is 4. The van der Waals surface area contributed by atoms with Crippen LogP contribution >= 0.6 is 11.3 Å². The monoisotopic (exact) mass is 429 g/mol. The normalized spacial score (nSPS) is 19.0. The largest absolute Gasteiger partial charge is 0.448 e. The van der Waals surface area contributed by atoms with Crippen LogP contribution in [-0.4, -0.2) is 70.2 Å². The van der Waals surface area contributed by atoms with Gasteiger partial charge in [-0.15, -0.1) is 10.2 Å². The van der Waals surface area contributed by atoms with E-state index in [0.717, 1.165) is 28.4 Å². The average Bonchev–Trinajstić information content (AvgIpc) is 3.36. The van der Waals surface area contributed by atoms with Crippen molar-refractivity contribution in [1.82, 2.24) is 20.0 Å². The fraction of sp³-hybridized carbons (Fsp3) is 0.450. The van der Waals surface area contributed by atoms with Crippen LogP contribution < -0.4 is 5.32 Å². The first-order valence-electron chi connectivity index (χ1n) is 9.94. The fourth-order valence-electron chi connectivity index (χ4n) is 3.69. The molecule has 2 aliphatic rings. The number of nitrogens with one attached hydrogen (secondary N) is 1. The second-order valence-electron chi connectivity index (χ2n) is 7.33. The number of aromatic nitrogens is 2. The van der Waals surface area contributed by atoms with Crippen molar-refractivity contribution in [2.75, 3.05) is 31.6 Å². The lowest BCUT2D eigenvalue weighted by atomic mass is 10.0. The number of likely N-dealkylation sites (tertiary alicyclic amines) is 1. The van der Waals surface area contributed by atoms with Crippen molar-refractivity contribution in [3.05, 3.63) is 29.3 Å². The molecule has 2 aliphatic heterocycles. The first kappa shape index (κ1) is 20.3. The molecule has 0 spiro atoms. The van der Waals surface area contributed by atoms with Gasteiger partial charge in [-0.1, -0.05) is 23.5 Å². The maximum absolute atomic E-state index is 13.0. The van der Waals surface area contributed by atoms with E-state index in [1.807, 2.05) is 31.2 Å². The smallest absolute Gasteiger partial charge is 0.410 e. The highest BCUT2D eigenvalue weighted by atomic mass is 32.1. The van der Waals surface area contributed by atoms with E-state index in [1.54, 1.807) is 4.90 Å². The summed E-state index contributed by atoms with van der Waals surface area (Å²) >= 11 is 1.49. The van der Waals surface area contributed by atoms with Gasteiger partial charge in [-0.3, -0.25) is 14.5 Å². The quantitative estimate of drug-likeness (QED) is 0.782. The minimum absolute atomic E-state index is 0.0610. The molecule has 1 aromatic heterocycles. The maximum atomic E-state index is 13.0. The van der Waals surface area contributed by atoms with Crippen molar-refractivity contribution in [3.63, 3.8) is 0 Å². The minimum atomic E-state index is -0.558. The number of anilines is 1. The maximum Gasteiger partial charge on any atom is 0.410 e. The van der Waals surface area contributed by atoms with Crippen molar-refractivity contribution in [2.45, 2.75) is 32.2 Å². The molecule has 2 fully saturated rings. The van der Waals surface area contributed by atoms with E-state index in [4.69, 9.17) is 4.74 Å². The Kier molecular flexibility index (Phi) is 5.93. The van der Waals surface area contributed by atoms with Gasteiger partial charge in [0.15, 0.2) is 0 Å². The summed E-state index contributed by atoms with van der Waals surface area (Å²) in [7, 11) is 0. The molecule has 1 aromatic carbocycles. The highest BCUT2D eigenvalue weighted by Crippen LogP contribution is 2.26. The third-order valence-corrected chi connectivity index (χ3v) is 6.09. The molecular weight excluding hydrogens is 406 g/mol. The lowest BCUT2D eigenvalue weighted by molar-refractivity contribution is -0.140. The minimum Gasteiger partial charge on any atom is -0.448 e. The van der Waals surface area contributed by atoms with Crippen molar-refractivity contribution < 1.29 is 19.1 Å². The van der Waals surface area contributed by atoms with Crippen molar-refractivity contribution in [1.29, 1.82) is 0 Å². The van der Waals surface area contributed by atoms with E-state index in [2.05, 4.69) is 15.5 Å². The molecule has 0 aliphatic carbocycles. The van der Waals surface area contributed by atoms with E-state index in [1.165, 1.54) is 16.2 Å². The third-order valence-electron chi connectivity index (χ3n) is 5.20. The Bertz CT molecular complexity index is 962. The zero-order chi connectivity index (χ0) is 21.1. The van der Waals surface area contributed by atoms with Crippen LogP contribution in [0.15, 0.2) is 24.3 Å². The van der Waals surface area contributed by atoms with Gasteiger partial charge in [0.1, 0.15) is 29.2 Å². The Morgan fingerprint density at radius 1 is 1.27 bits per heavy atom. The molecule has 0 saturated carbocycles. The molecule has 4 rings (SSSR count). The van der Waals surface area contributed by atoms with Gasteiger partial charge in [-0.25, -0.2) is 4.79 Å². The van der Waals surface area contributed by atoms with Crippen LogP contribution in [0.4, 0.5) is 10.5 Å². The topological polar surface area (TPSA) is 105 Å². The molecule has 2 saturated heterocycles. The van der Waals surface area contributed by atoms with E-state index >= 15 is 0 Å². The summed E-state index contributed by atoms with van der Waals surface area (Å²) < 4.78 is 4.88. The molecule has 1 unspecified atom stereocenters. The summed E-state index contributed by atoms with van der Waals surface area (Å²) in [4.78, 5) is 40.4. The molecule has 9 nitrogen and oxygen atoms in total. The number of hydrogen-bond acceptors (Lipinski definition) is 7. The lowest BCUT2D eigenvalue weighted by Gasteiger charge is -2.35. The zero-order valence-electron chi connectivity index (χ0n) is 16.7. The molecule has 158 valence electrons. The molecule has 1 atom stereocenters. The van der Waals surface area contributed by atoms with Crippen LogP contribution in [0.2, 0.25) is 0 Å². The second kappa shape index (κ2) is 8.78. The summed E-state index contributed by atoms with van der Waals surface area (Å²) in [5.74, 6) is -0.454. The van der Waals surface area contributed by atoms with Crippen molar-refractivity contribution >= 4 is 34.9 Å². The lowest BCUT2D eigenvalue weighted by Crippen LogP contribution is -2.52. The van der Waals surface area contributed by atoms with Gasteiger partial charge in [0.05, 0.1) is 6.54 Å². The fourth-order valence-corrected chi connectivity index (χ4v) is 4.38. The number of ether oxygens (including phenoxy) is 1. The average molecular weight is 430 g/mol. The highest BCUT2D eigenvalue weighted by Gasteiger charge is 2.34. The van der Waals surface area contributed by atoms with Gasteiger partial charge in [-0.2, -0.15) is 0 Å². The van der Waals surface area contributed by atoms with E-state index in [9.17, 15) is 14.4 Å². The van der Waals surface area contributed by atoms with Gasteiger partial charge < -0.3 is 15.0 Å². The van der Waals surface area contributed by atoms with Crippen LogP contribution in [0.5, 0.6) is 0 Å². The van der Waals surface area contributed by atoms with Crippen LogP contribution in [0.25, 0.3) is 10.6 Å². The number of rotatable bonds is 5. The number of carbonyl (C=O) groups excluding carboxylic acids is 3. The molecule has 30 heavy (non-hydrogen) atoms. The predicted octanol–water partition coefficient (Wildman–Crippen LogP) is 2.29. The van der Waals surface area contributed by atoms with Crippen LogP contribution in [0.3, 0.4) is 0 Å². The molecule has 1 N–H and O–H groups in total. The molecular formula is C20H23N5O4S. The number of benzene rings is 1. The first-order chi connectivity index (χ1) is 14.5. The molecule has 3 heterocycles. The molecule has 2 aromatic rings. The number of hydrogen-bond donors (Lipinski definition) is 1. The summed E-state index contributed by atoms with van der Waals surface area (Å²) in [6, 6.07) is 6.88. The molecule has 0 radical (unpaired) electrons. The van der Waals surface area contributed by atoms with Crippen LogP contribution in [0.1, 0.15) is 24.3 Å². The van der Waals surface area contributed by atoms with Gasteiger partial charge in [0.25, 0.3) is 0 Å². The summed E-state index contributed by atoms with van der Waals surface area (Å²) in [6.45, 7) is 3.02. The molecule has 0 bridgehead atoms. The summed E-state index contributed by atoms with van der Waals surface area (Å²) in [6.07, 6.45) is 1.83. The molecule has 10 heteroatoms. The SMILES string of the molecule is Cc1nnc(-c2cccc(NC(=O)C3CCCCN3C(=O)CN3CCOC3=O)c2)s1. The number of carbonyl (C=O) groups is 3.